The third-order valence-corrected chi connectivity index (χ3v) is 9.10. The largest absolute Gasteiger partial charge is 0.490 e. The number of piperazine rings is 1. The lowest BCUT2D eigenvalue weighted by Crippen LogP contribution is -2.50. The van der Waals surface area contributed by atoms with Gasteiger partial charge in [0.25, 0.3) is 0 Å². The molecule has 5 aromatic rings. The minimum atomic E-state index is -0.601. The molecule has 1 aliphatic carbocycles. The van der Waals surface area contributed by atoms with Crippen LogP contribution in [0.25, 0.3) is 23.6 Å². The molecule has 0 amide bonds. The van der Waals surface area contributed by atoms with Crippen molar-refractivity contribution >= 4 is 12.2 Å². The molecule has 1 unspecified atom stereocenters. The monoisotopic (exact) mass is 612 g/mol. The van der Waals surface area contributed by atoms with Crippen LogP contribution in [0, 0.1) is 6.92 Å². The molecule has 1 aromatic heterocycles. The van der Waals surface area contributed by atoms with Crippen LogP contribution in [0.2, 0.25) is 0 Å². The van der Waals surface area contributed by atoms with E-state index in [0.29, 0.717) is 24.1 Å². The summed E-state index contributed by atoms with van der Waals surface area (Å²) in [7, 11) is 0. The number of hydrogen-bond acceptors (Lipinski definition) is 7. The molecule has 7 nitrogen and oxygen atoms in total. The van der Waals surface area contributed by atoms with E-state index in [9.17, 15) is 5.11 Å². The van der Waals surface area contributed by atoms with E-state index in [-0.39, 0.29) is 12.6 Å². The summed E-state index contributed by atoms with van der Waals surface area (Å²) in [6.45, 7) is 6.56. The van der Waals surface area contributed by atoms with Crippen molar-refractivity contribution < 1.29 is 14.3 Å². The second-order valence-corrected chi connectivity index (χ2v) is 12.3. The Bertz CT molecular complexity index is 1740. The Morgan fingerprint density at radius 2 is 1.46 bits per heavy atom. The molecule has 1 atom stereocenters. The van der Waals surface area contributed by atoms with Gasteiger partial charge in [-0.1, -0.05) is 84.4 Å². The van der Waals surface area contributed by atoms with Crippen LogP contribution < -0.4 is 4.74 Å². The number of nitrogens with zero attached hydrogens (tertiary/aromatic N) is 4. The van der Waals surface area contributed by atoms with Crippen LogP contribution in [0.1, 0.15) is 45.3 Å². The van der Waals surface area contributed by atoms with Gasteiger partial charge in [-0.15, -0.1) is 10.2 Å². The van der Waals surface area contributed by atoms with Crippen LogP contribution in [0.15, 0.2) is 101 Å². The van der Waals surface area contributed by atoms with Gasteiger partial charge in [-0.25, -0.2) is 0 Å². The lowest BCUT2D eigenvalue weighted by Gasteiger charge is -2.40. The first kappa shape index (κ1) is 30.1. The molecule has 234 valence electrons. The number of benzene rings is 4. The highest BCUT2D eigenvalue weighted by molar-refractivity contribution is 5.70. The number of β-amino-alcohol motifs (C(OH)–C–C–N with tert-alkyl or cyclic N) is 1. The average molecular weight is 613 g/mol. The maximum atomic E-state index is 11.0. The van der Waals surface area contributed by atoms with Crippen molar-refractivity contribution in [3.8, 4) is 17.2 Å². The van der Waals surface area contributed by atoms with Gasteiger partial charge >= 0.3 is 0 Å². The molecule has 1 fully saturated rings. The van der Waals surface area contributed by atoms with E-state index in [1.807, 2.05) is 61.5 Å². The lowest BCUT2D eigenvalue weighted by atomic mass is 9.92. The number of ether oxygens (including phenoxy) is 1. The molecule has 7 rings (SSSR count). The molecule has 7 heteroatoms. The number of aromatic nitrogens is 2. The van der Waals surface area contributed by atoms with Crippen molar-refractivity contribution in [2.75, 3.05) is 39.3 Å². The zero-order chi connectivity index (χ0) is 31.3. The molecule has 0 spiro atoms. The Labute approximate surface area is 270 Å². The first-order valence-electron chi connectivity index (χ1n) is 16.2. The van der Waals surface area contributed by atoms with Gasteiger partial charge < -0.3 is 14.3 Å². The second kappa shape index (κ2) is 13.8. The van der Waals surface area contributed by atoms with Crippen LogP contribution in [-0.2, 0) is 12.8 Å². The number of aliphatic hydroxyl groups excluding tert-OH is 1. The molecule has 0 saturated carbocycles. The third-order valence-electron chi connectivity index (χ3n) is 9.10. The number of aliphatic hydroxyl groups is 1. The Kier molecular flexibility index (Phi) is 9.05. The van der Waals surface area contributed by atoms with E-state index < -0.39 is 6.10 Å². The Balaban J connectivity index is 0.943. The molecule has 0 bridgehead atoms. The molecule has 2 aliphatic rings. The van der Waals surface area contributed by atoms with Crippen molar-refractivity contribution in [2.45, 2.75) is 31.9 Å². The highest BCUT2D eigenvalue weighted by Gasteiger charge is 2.31. The SMILES string of the molecule is Cc1ccc(-c2nnc(C=Cc3ccccc3OCC(O)CN3CCN(C4c5ccccc5CCc5ccccc54)CC3)o2)cc1. The molecule has 1 N–H and O–H groups in total. The molecule has 0 radical (unpaired) electrons. The van der Waals surface area contributed by atoms with Crippen molar-refractivity contribution in [2.24, 2.45) is 0 Å². The van der Waals surface area contributed by atoms with E-state index in [0.717, 1.165) is 50.1 Å². The van der Waals surface area contributed by atoms with E-state index in [4.69, 9.17) is 9.15 Å². The predicted molar refractivity (Wildman–Crippen MR) is 181 cm³/mol. The van der Waals surface area contributed by atoms with Crippen molar-refractivity contribution in [3.05, 3.63) is 136 Å². The first-order valence-corrected chi connectivity index (χ1v) is 16.2. The van der Waals surface area contributed by atoms with E-state index in [1.54, 1.807) is 6.08 Å². The maximum absolute atomic E-state index is 11.0. The fraction of sp³-hybridized carbons (Fsp3) is 0.282. The number of para-hydroxylation sites is 1. The quantitative estimate of drug-likeness (QED) is 0.205. The third kappa shape index (κ3) is 6.82. The van der Waals surface area contributed by atoms with Gasteiger partial charge in [0.2, 0.25) is 11.8 Å². The summed E-state index contributed by atoms with van der Waals surface area (Å²) < 4.78 is 12.0. The zero-order valence-electron chi connectivity index (χ0n) is 26.3. The van der Waals surface area contributed by atoms with E-state index in [2.05, 4.69) is 68.5 Å². The van der Waals surface area contributed by atoms with Crippen LogP contribution in [0.3, 0.4) is 0 Å². The van der Waals surface area contributed by atoms with E-state index >= 15 is 0 Å². The van der Waals surface area contributed by atoms with Gasteiger partial charge in [0.15, 0.2) is 0 Å². The normalized spacial score (nSPS) is 16.6. The minimum Gasteiger partial charge on any atom is -0.490 e. The molecular formula is C39H40N4O3. The zero-order valence-corrected chi connectivity index (χ0v) is 26.3. The van der Waals surface area contributed by atoms with Crippen molar-refractivity contribution in [1.82, 2.24) is 20.0 Å². The summed E-state index contributed by atoms with van der Waals surface area (Å²) in [5.74, 6) is 1.60. The molecule has 46 heavy (non-hydrogen) atoms. The molecule has 1 aliphatic heterocycles. The number of aryl methyl sites for hydroxylation is 3. The summed E-state index contributed by atoms with van der Waals surface area (Å²) in [5.41, 5.74) is 8.73. The first-order chi connectivity index (χ1) is 22.6. The van der Waals surface area contributed by atoms with Crippen LogP contribution in [0.4, 0.5) is 0 Å². The van der Waals surface area contributed by atoms with Gasteiger partial charge in [-0.2, -0.15) is 0 Å². The summed E-state index contributed by atoms with van der Waals surface area (Å²) in [6.07, 6.45) is 5.25. The highest BCUT2D eigenvalue weighted by atomic mass is 16.5. The van der Waals surface area contributed by atoms with Crippen LogP contribution in [0.5, 0.6) is 5.75 Å². The standard InChI is InChI=1S/C39H40N4O3/c1-28-14-16-32(17-15-28)39-41-40-37(46-39)21-20-31-10-4-7-13-36(31)45-27-33(44)26-42-22-24-43(25-23-42)38-34-11-5-2-8-29(34)18-19-30-9-3-6-12-35(30)38/h2-17,20-21,33,38,44H,18-19,22-27H2,1H3. The Hall–Kier alpha value is -4.56. The van der Waals surface area contributed by atoms with Crippen molar-refractivity contribution in [1.29, 1.82) is 0 Å². The Morgan fingerprint density at radius 3 is 2.17 bits per heavy atom. The predicted octanol–water partition coefficient (Wildman–Crippen LogP) is 6.46. The van der Waals surface area contributed by atoms with Gasteiger partial charge in [-0.05, 0) is 66.3 Å². The number of hydrogen-bond donors (Lipinski definition) is 1. The van der Waals surface area contributed by atoms with Gasteiger partial charge in [0.05, 0.1) is 6.04 Å². The van der Waals surface area contributed by atoms with Gasteiger partial charge in [-0.3, -0.25) is 9.80 Å². The fourth-order valence-corrected chi connectivity index (χ4v) is 6.65. The minimum absolute atomic E-state index is 0.215. The summed E-state index contributed by atoms with van der Waals surface area (Å²) >= 11 is 0. The van der Waals surface area contributed by atoms with Gasteiger partial charge in [0, 0.05) is 49.9 Å². The second-order valence-electron chi connectivity index (χ2n) is 12.3. The fourth-order valence-electron chi connectivity index (χ4n) is 6.65. The summed E-state index contributed by atoms with van der Waals surface area (Å²) in [4.78, 5) is 4.98. The van der Waals surface area contributed by atoms with Crippen molar-refractivity contribution in [3.63, 3.8) is 0 Å². The smallest absolute Gasteiger partial charge is 0.248 e. The van der Waals surface area contributed by atoms with E-state index in [1.165, 1.54) is 27.8 Å². The highest BCUT2D eigenvalue weighted by Crippen LogP contribution is 2.37. The van der Waals surface area contributed by atoms with Gasteiger partial charge in [0.1, 0.15) is 18.5 Å². The Morgan fingerprint density at radius 1 is 0.804 bits per heavy atom. The molecular weight excluding hydrogens is 572 g/mol. The number of rotatable bonds is 9. The van der Waals surface area contributed by atoms with Crippen LogP contribution >= 0.6 is 0 Å². The summed E-state index contributed by atoms with van der Waals surface area (Å²) in [5, 5.41) is 19.3. The summed E-state index contributed by atoms with van der Waals surface area (Å²) in [6, 6.07) is 33.9. The van der Waals surface area contributed by atoms with Crippen LogP contribution in [-0.4, -0.2) is 70.5 Å². The average Bonchev–Trinajstić information content (AvgIpc) is 3.50. The molecule has 4 aromatic carbocycles. The number of fused-ring (bicyclic) bond motifs is 2. The lowest BCUT2D eigenvalue weighted by molar-refractivity contribution is 0.0400. The maximum Gasteiger partial charge on any atom is 0.248 e. The molecule has 1 saturated heterocycles. The molecule has 2 heterocycles. The topological polar surface area (TPSA) is 74.9 Å².